The zero-order chi connectivity index (χ0) is 16.4. The first kappa shape index (κ1) is 15.4. The minimum Gasteiger partial charge on any atom is -0.392 e. The minimum absolute atomic E-state index is 0.0238. The molecule has 0 amide bonds. The van der Waals surface area contributed by atoms with E-state index in [1.165, 1.54) is 5.57 Å². The molecule has 0 aromatic rings. The lowest BCUT2D eigenvalue weighted by atomic mass is 9.44. The molecule has 4 aliphatic rings. The van der Waals surface area contributed by atoms with Gasteiger partial charge in [0.05, 0.1) is 6.10 Å². The molecule has 23 heavy (non-hydrogen) atoms. The van der Waals surface area contributed by atoms with E-state index < -0.39 is 0 Å². The molecule has 4 aliphatic carbocycles. The van der Waals surface area contributed by atoms with E-state index in [1.54, 1.807) is 6.08 Å². The lowest BCUT2D eigenvalue weighted by Gasteiger charge is -2.60. The second kappa shape index (κ2) is 4.92. The fourth-order valence-electron chi connectivity index (χ4n) is 6.19. The Balaban J connectivity index is 1.77. The summed E-state index contributed by atoms with van der Waals surface area (Å²) in [4.78, 5) is 11.8. The predicted octanol–water partition coefficient (Wildman–Crippen LogP) is 4.07. The zero-order valence-electron chi connectivity index (χ0n) is 14.5. The summed E-state index contributed by atoms with van der Waals surface area (Å²) in [5, 5.41) is 10.7. The van der Waals surface area contributed by atoms with Crippen molar-refractivity contribution in [2.75, 3.05) is 0 Å². The Morgan fingerprint density at radius 2 is 2.09 bits per heavy atom. The molecular weight excluding hydrogens is 284 g/mol. The number of aliphatic hydroxyl groups is 1. The van der Waals surface area contributed by atoms with E-state index in [4.69, 9.17) is 0 Å². The molecule has 1 N–H and O–H groups in total. The monoisotopic (exact) mass is 312 g/mol. The van der Waals surface area contributed by atoms with Crippen molar-refractivity contribution in [2.24, 2.45) is 34.5 Å². The second-order valence-electron chi connectivity index (χ2n) is 8.80. The third kappa shape index (κ3) is 2.00. The molecule has 2 fully saturated rings. The molecule has 0 saturated heterocycles. The van der Waals surface area contributed by atoms with E-state index in [0.29, 0.717) is 23.7 Å². The van der Waals surface area contributed by atoms with Gasteiger partial charge in [0.15, 0.2) is 5.78 Å². The van der Waals surface area contributed by atoms with Crippen molar-refractivity contribution >= 4 is 5.78 Å². The van der Waals surface area contributed by atoms with E-state index in [1.807, 2.05) is 6.08 Å². The summed E-state index contributed by atoms with van der Waals surface area (Å²) in [6.07, 6.45) is 14.3. The number of fused-ring (bicyclic) bond motifs is 5. The highest BCUT2D eigenvalue weighted by molar-refractivity contribution is 6.01. The molecule has 0 aliphatic heterocycles. The minimum atomic E-state index is -0.209. The van der Waals surface area contributed by atoms with Crippen molar-refractivity contribution in [3.05, 3.63) is 36.0 Å². The van der Waals surface area contributed by atoms with E-state index in [9.17, 15) is 9.90 Å². The van der Waals surface area contributed by atoms with E-state index in [2.05, 4.69) is 39.0 Å². The summed E-state index contributed by atoms with van der Waals surface area (Å²) in [6.45, 7) is 6.97. The van der Waals surface area contributed by atoms with Crippen LogP contribution in [0.25, 0.3) is 0 Å². The number of ketones is 1. The summed E-state index contributed by atoms with van der Waals surface area (Å²) in [6, 6.07) is 0. The summed E-state index contributed by atoms with van der Waals surface area (Å²) in [5.74, 6) is 2.36. The van der Waals surface area contributed by atoms with Gasteiger partial charge in [-0.05, 0) is 61.5 Å². The van der Waals surface area contributed by atoms with Crippen molar-refractivity contribution in [2.45, 2.75) is 52.6 Å². The summed E-state index contributed by atoms with van der Waals surface area (Å²) in [5.41, 5.74) is 1.39. The first-order chi connectivity index (χ1) is 10.9. The maximum Gasteiger partial charge on any atom is 0.178 e. The lowest BCUT2D eigenvalue weighted by Crippen LogP contribution is -2.56. The van der Waals surface area contributed by atoms with Crippen molar-refractivity contribution in [1.82, 2.24) is 0 Å². The molecule has 0 heterocycles. The Kier molecular flexibility index (Phi) is 3.29. The summed E-state index contributed by atoms with van der Waals surface area (Å²) >= 11 is 0. The largest absolute Gasteiger partial charge is 0.392 e. The molecule has 0 radical (unpaired) electrons. The normalized spacial score (nSPS) is 51.6. The van der Waals surface area contributed by atoms with Gasteiger partial charge in [-0.15, -0.1) is 0 Å². The highest BCUT2D eigenvalue weighted by Crippen LogP contribution is 2.63. The Hall–Kier alpha value is -1.15. The van der Waals surface area contributed by atoms with Crippen LogP contribution >= 0.6 is 0 Å². The van der Waals surface area contributed by atoms with Crippen LogP contribution in [0.5, 0.6) is 0 Å². The maximum absolute atomic E-state index is 11.8. The van der Waals surface area contributed by atoms with Crippen LogP contribution in [-0.2, 0) is 4.79 Å². The van der Waals surface area contributed by atoms with Gasteiger partial charge in [-0.3, -0.25) is 4.79 Å². The third-order valence-corrected chi connectivity index (χ3v) is 7.67. The molecule has 0 spiro atoms. The van der Waals surface area contributed by atoms with Gasteiger partial charge in [-0.2, -0.15) is 0 Å². The van der Waals surface area contributed by atoms with Gasteiger partial charge in [0.2, 0.25) is 0 Å². The van der Waals surface area contributed by atoms with Crippen LogP contribution in [0.1, 0.15) is 46.5 Å². The van der Waals surface area contributed by atoms with Gasteiger partial charge in [0.1, 0.15) is 0 Å². The third-order valence-electron chi connectivity index (χ3n) is 7.67. The molecule has 7 atom stereocenters. The molecule has 2 saturated carbocycles. The summed E-state index contributed by atoms with van der Waals surface area (Å²) < 4.78 is 0. The molecule has 0 aromatic carbocycles. The summed E-state index contributed by atoms with van der Waals surface area (Å²) in [7, 11) is 0. The first-order valence-electron chi connectivity index (χ1n) is 9.15. The quantitative estimate of drug-likeness (QED) is 0.685. The number of hydrogen-bond acceptors (Lipinski definition) is 2. The molecular formula is C21H28O2. The molecule has 0 aromatic heterocycles. The number of allylic oxidation sites excluding steroid dienone is 5. The van der Waals surface area contributed by atoms with E-state index in [-0.39, 0.29) is 22.7 Å². The second-order valence-corrected chi connectivity index (χ2v) is 8.80. The van der Waals surface area contributed by atoms with Crippen LogP contribution in [0, 0.1) is 34.5 Å². The van der Waals surface area contributed by atoms with E-state index in [0.717, 1.165) is 25.7 Å². The highest BCUT2D eigenvalue weighted by atomic mass is 16.3. The first-order valence-corrected chi connectivity index (χ1v) is 9.15. The Morgan fingerprint density at radius 3 is 2.87 bits per heavy atom. The number of aliphatic hydroxyl groups excluding tert-OH is 1. The molecule has 0 bridgehead atoms. The van der Waals surface area contributed by atoms with Gasteiger partial charge < -0.3 is 5.11 Å². The van der Waals surface area contributed by atoms with Gasteiger partial charge in [0, 0.05) is 10.8 Å². The van der Waals surface area contributed by atoms with Gasteiger partial charge >= 0.3 is 0 Å². The standard InChI is InChI=1S/C21H28O2/c1-13-11-14-12-15(22)7-9-20(14,2)17-8-10-21(3)16(19(13)17)5-4-6-18(21)23/h4-5,7,9,12-13,16-19,23H,6,8,10-11H2,1-3H3/t13-,16+,17+,18+,19+,20+,21+/m1/s1. The van der Waals surface area contributed by atoms with Crippen molar-refractivity contribution in [3.63, 3.8) is 0 Å². The fourth-order valence-corrected chi connectivity index (χ4v) is 6.19. The van der Waals surface area contributed by atoms with E-state index >= 15 is 0 Å². The molecule has 4 rings (SSSR count). The van der Waals surface area contributed by atoms with Crippen molar-refractivity contribution in [1.29, 1.82) is 0 Å². The number of carbonyl (C=O) groups is 1. The predicted molar refractivity (Wildman–Crippen MR) is 91.7 cm³/mol. The SMILES string of the molecule is C[C@@H]1CC2=CC(=O)C=C[C@]2(C)[C@H]2CC[C@]3(C)[C@@H](O)CC=C[C@H]3[C@H]12. The topological polar surface area (TPSA) is 37.3 Å². The van der Waals surface area contributed by atoms with Crippen LogP contribution < -0.4 is 0 Å². The molecule has 124 valence electrons. The molecule has 2 heteroatoms. The van der Waals surface area contributed by atoms with Crippen LogP contribution in [-0.4, -0.2) is 17.0 Å². The van der Waals surface area contributed by atoms with Crippen molar-refractivity contribution < 1.29 is 9.90 Å². The number of carbonyl (C=O) groups excluding carboxylic acids is 1. The van der Waals surface area contributed by atoms with Crippen LogP contribution in [0.15, 0.2) is 36.0 Å². The highest BCUT2D eigenvalue weighted by Gasteiger charge is 2.57. The van der Waals surface area contributed by atoms with Gasteiger partial charge in [-0.25, -0.2) is 0 Å². The number of rotatable bonds is 0. The maximum atomic E-state index is 11.8. The molecule has 0 unspecified atom stereocenters. The zero-order valence-corrected chi connectivity index (χ0v) is 14.5. The lowest BCUT2D eigenvalue weighted by molar-refractivity contribution is -0.112. The van der Waals surface area contributed by atoms with Crippen LogP contribution in [0.4, 0.5) is 0 Å². The fraction of sp³-hybridized carbons (Fsp3) is 0.667. The average Bonchev–Trinajstić information content (AvgIpc) is 2.50. The van der Waals surface area contributed by atoms with Gasteiger partial charge in [-0.1, -0.05) is 44.6 Å². The Labute approximate surface area is 139 Å². The molecule has 2 nitrogen and oxygen atoms in total. The number of hydrogen-bond donors (Lipinski definition) is 1. The Bertz CT molecular complexity index is 628. The van der Waals surface area contributed by atoms with Gasteiger partial charge in [0.25, 0.3) is 0 Å². The van der Waals surface area contributed by atoms with Crippen LogP contribution in [0.3, 0.4) is 0 Å². The smallest absolute Gasteiger partial charge is 0.178 e. The Morgan fingerprint density at radius 1 is 1.30 bits per heavy atom. The van der Waals surface area contributed by atoms with Crippen LogP contribution in [0.2, 0.25) is 0 Å². The van der Waals surface area contributed by atoms with Crippen molar-refractivity contribution in [3.8, 4) is 0 Å². The average molecular weight is 312 g/mol.